The quantitative estimate of drug-likeness (QED) is 0.670. The fourth-order valence-corrected chi connectivity index (χ4v) is 3.17. The largest absolute Gasteiger partial charge is 0.507 e. The summed E-state index contributed by atoms with van der Waals surface area (Å²) in [6.45, 7) is 3.93. The minimum atomic E-state index is -0.0486. The van der Waals surface area contributed by atoms with Crippen LogP contribution in [0, 0.1) is 6.92 Å². The highest BCUT2D eigenvalue weighted by atomic mass is 32.2. The first-order valence-electron chi connectivity index (χ1n) is 7.24. The van der Waals surface area contributed by atoms with Gasteiger partial charge in [0.2, 0.25) is 0 Å². The van der Waals surface area contributed by atoms with E-state index in [2.05, 4.69) is 14.9 Å². The summed E-state index contributed by atoms with van der Waals surface area (Å²) in [5, 5.41) is 10.8. The molecule has 2 aromatic rings. The molecule has 0 unspecified atom stereocenters. The average Bonchev–Trinajstić information content (AvgIpc) is 2.52. The molecule has 1 aromatic carbocycles. The standard InChI is InChI=1S/C16H19N3O2S/c1-10-4-3-5-11(14(10)20)8-19-7-6-13-12(9-19)15(21)18-16(17-13)22-2/h3-5,20H,6-9H2,1-2H3,(H,17,18,21). The molecule has 0 fully saturated rings. The van der Waals surface area contributed by atoms with E-state index in [-0.39, 0.29) is 5.56 Å². The van der Waals surface area contributed by atoms with Crippen molar-refractivity contribution in [3.05, 3.63) is 50.9 Å². The second kappa shape index (κ2) is 6.14. The number of nitrogens with one attached hydrogen (secondary N) is 1. The van der Waals surface area contributed by atoms with E-state index in [1.165, 1.54) is 11.8 Å². The van der Waals surface area contributed by atoms with Crippen LogP contribution in [0.3, 0.4) is 0 Å². The maximum absolute atomic E-state index is 12.2. The topological polar surface area (TPSA) is 69.2 Å². The van der Waals surface area contributed by atoms with Crippen molar-refractivity contribution < 1.29 is 5.11 Å². The fourth-order valence-electron chi connectivity index (χ4n) is 2.78. The van der Waals surface area contributed by atoms with E-state index in [1.807, 2.05) is 31.4 Å². The molecule has 3 rings (SSSR count). The van der Waals surface area contributed by atoms with E-state index >= 15 is 0 Å². The van der Waals surface area contributed by atoms with Crippen molar-refractivity contribution in [2.45, 2.75) is 31.6 Å². The van der Waals surface area contributed by atoms with E-state index in [9.17, 15) is 9.90 Å². The Morgan fingerprint density at radius 3 is 3.05 bits per heavy atom. The number of benzene rings is 1. The zero-order chi connectivity index (χ0) is 15.7. The van der Waals surface area contributed by atoms with Gasteiger partial charge in [-0.2, -0.15) is 0 Å². The number of aromatic hydroxyl groups is 1. The monoisotopic (exact) mass is 317 g/mol. The maximum Gasteiger partial charge on any atom is 0.256 e. The van der Waals surface area contributed by atoms with Gasteiger partial charge in [-0.1, -0.05) is 30.0 Å². The molecule has 0 saturated carbocycles. The first-order chi connectivity index (χ1) is 10.6. The van der Waals surface area contributed by atoms with E-state index in [4.69, 9.17) is 0 Å². The van der Waals surface area contributed by atoms with Gasteiger partial charge >= 0.3 is 0 Å². The molecule has 2 N–H and O–H groups in total. The summed E-state index contributed by atoms with van der Waals surface area (Å²) in [5.41, 5.74) is 3.37. The lowest BCUT2D eigenvalue weighted by molar-refractivity contribution is 0.238. The van der Waals surface area contributed by atoms with Gasteiger partial charge in [-0.15, -0.1) is 0 Å². The minimum Gasteiger partial charge on any atom is -0.507 e. The van der Waals surface area contributed by atoms with Crippen LogP contribution in [0.15, 0.2) is 28.2 Å². The van der Waals surface area contributed by atoms with E-state index < -0.39 is 0 Å². The number of para-hydroxylation sites is 1. The molecule has 5 nitrogen and oxygen atoms in total. The van der Waals surface area contributed by atoms with Crippen LogP contribution in [-0.4, -0.2) is 32.8 Å². The second-order valence-corrected chi connectivity index (χ2v) is 6.34. The number of H-pyrrole nitrogens is 1. The Morgan fingerprint density at radius 2 is 2.27 bits per heavy atom. The smallest absolute Gasteiger partial charge is 0.256 e. The Kier molecular flexibility index (Phi) is 4.22. The highest BCUT2D eigenvalue weighted by molar-refractivity contribution is 7.98. The van der Waals surface area contributed by atoms with Crippen LogP contribution in [0.4, 0.5) is 0 Å². The number of aromatic amines is 1. The predicted octanol–water partition coefficient (Wildman–Crippen LogP) is 2.06. The molecule has 0 spiro atoms. The van der Waals surface area contributed by atoms with Gasteiger partial charge < -0.3 is 10.1 Å². The van der Waals surface area contributed by atoms with Crippen molar-refractivity contribution in [1.82, 2.24) is 14.9 Å². The summed E-state index contributed by atoms with van der Waals surface area (Å²) in [4.78, 5) is 21.7. The molecule has 6 heteroatoms. The van der Waals surface area contributed by atoms with Gasteiger partial charge in [-0.25, -0.2) is 4.98 Å². The van der Waals surface area contributed by atoms with E-state index in [0.717, 1.165) is 35.3 Å². The zero-order valence-electron chi connectivity index (χ0n) is 12.7. The Morgan fingerprint density at radius 1 is 1.45 bits per heavy atom. The molecule has 2 heterocycles. The van der Waals surface area contributed by atoms with Gasteiger partial charge in [0.25, 0.3) is 5.56 Å². The number of aryl methyl sites for hydroxylation is 1. The Hall–Kier alpha value is -1.79. The molecule has 0 bridgehead atoms. The molecular weight excluding hydrogens is 298 g/mol. The number of hydrogen-bond acceptors (Lipinski definition) is 5. The number of nitrogens with zero attached hydrogens (tertiary/aromatic N) is 2. The van der Waals surface area contributed by atoms with Crippen LogP contribution < -0.4 is 5.56 Å². The van der Waals surface area contributed by atoms with Crippen LogP contribution in [0.1, 0.15) is 22.4 Å². The van der Waals surface area contributed by atoms with E-state index in [1.54, 1.807) is 0 Å². The molecular formula is C16H19N3O2S. The Labute approximate surface area is 133 Å². The summed E-state index contributed by atoms with van der Waals surface area (Å²) < 4.78 is 0. The number of fused-ring (bicyclic) bond motifs is 1. The fraction of sp³-hybridized carbons (Fsp3) is 0.375. The third-order valence-electron chi connectivity index (χ3n) is 4.03. The van der Waals surface area contributed by atoms with Gasteiger partial charge in [0, 0.05) is 31.6 Å². The number of phenols is 1. The third-order valence-corrected chi connectivity index (χ3v) is 4.61. The first-order valence-corrected chi connectivity index (χ1v) is 8.47. The molecule has 116 valence electrons. The zero-order valence-corrected chi connectivity index (χ0v) is 13.5. The minimum absolute atomic E-state index is 0.0486. The maximum atomic E-state index is 12.2. The molecule has 0 radical (unpaired) electrons. The van der Waals surface area contributed by atoms with Crippen molar-refractivity contribution in [2.24, 2.45) is 0 Å². The summed E-state index contributed by atoms with van der Waals surface area (Å²) in [6, 6.07) is 5.77. The SMILES string of the molecule is CSc1nc2c(c(=O)[nH]1)CN(Cc1cccc(C)c1O)CC2. The molecule has 1 aliphatic rings. The first kappa shape index (κ1) is 15.1. The van der Waals surface area contributed by atoms with Gasteiger partial charge in [-0.3, -0.25) is 9.69 Å². The average molecular weight is 317 g/mol. The molecule has 0 atom stereocenters. The summed E-state index contributed by atoms with van der Waals surface area (Å²) in [5.74, 6) is 0.345. The van der Waals surface area contributed by atoms with Crippen molar-refractivity contribution >= 4 is 11.8 Å². The van der Waals surface area contributed by atoms with Crippen LogP contribution in [0.5, 0.6) is 5.75 Å². The lowest BCUT2D eigenvalue weighted by Crippen LogP contribution is -2.35. The van der Waals surface area contributed by atoms with Crippen molar-refractivity contribution in [3.8, 4) is 5.75 Å². The molecule has 0 aliphatic carbocycles. The predicted molar refractivity (Wildman–Crippen MR) is 87.3 cm³/mol. The normalized spacial score (nSPS) is 14.8. The highest BCUT2D eigenvalue weighted by Gasteiger charge is 2.22. The Balaban J connectivity index is 1.83. The molecule has 0 amide bonds. The van der Waals surface area contributed by atoms with Crippen molar-refractivity contribution in [3.63, 3.8) is 0 Å². The highest BCUT2D eigenvalue weighted by Crippen LogP contribution is 2.25. The molecule has 22 heavy (non-hydrogen) atoms. The lowest BCUT2D eigenvalue weighted by Gasteiger charge is -2.28. The molecule has 0 saturated heterocycles. The number of aromatic nitrogens is 2. The van der Waals surface area contributed by atoms with Crippen LogP contribution >= 0.6 is 11.8 Å². The summed E-state index contributed by atoms with van der Waals surface area (Å²) in [6.07, 6.45) is 2.67. The van der Waals surface area contributed by atoms with Gasteiger partial charge in [0.05, 0.1) is 11.3 Å². The molecule has 1 aliphatic heterocycles. The van der Waals surface area contributed by atoms with Gasteiger partial charge in [0.1, 0.15) is 5.75 Å². The van der Waals surface area contributed by atoms with Crippen molar-refractivity contribution in [2.75, 3.05) is 12.8 Å². The number of phenolic OH excluding ortho intramolecular Hbond substituents is 1. The van der Waals surface area contributed by atoms with Gasteiger partial charge in [0.15, 0.2) is 5.16 Å². The number of rotatable bonds is 3. The molecule has 1 aromatic heterocycles. The van der Waals surface area contributed by atoms with Crippen LogP contribution in [0.2, 0.25) is 0 Å². The second-order valence-electron chi connectivity index (χ2n) is 5.54. The summed E-state index contributed by atoms with van der Waals surface area (Å²) >= 11 is 1.45. The van der Waals surface area contributed by atoms with Crippen molar-refractivity contribution in [1.29, 1.82) is 0 Å². The third kappa shape index (κ3) is 2.89. The van der Waals surface area contributed by atoms with E-state index in [0.29, 0.717) is 24.0 Å². The Bertz CT molecular complexity index is 758. The number of thioether (sulfide) groups is 1. The van der Waals surface area contributed by atoms with Crippen LogP contribution in [0.25, 0.3) is 0 Å². The van der Waals surface area contributed by atoms with Crippen LogP contribution in [-0.2, 0) is 19.5 Å². The van der Waals surface area contributed by atoms with Gasteiger partial charge in [-0.05, 0) is 18.7 Å². The lowest BCUT2D eigenvalue weighted by atomic mass is 10.0. The number of hydrogen-bond donors (Lipinski definition) is 2. The summed E-state index contributed by atoms with van der Waals surface area (Å²) in [7, 11) is 0.